The first-order valence-corrected chi connectivity index (χ1v) is 9.18. The van der Waals surface area contributed by atoms with Gasteiger partial charge in [-0.25, -0.2) is 0 Å². The van der Waals surface area contributed by atoms with Crippen molar-refractivity contribution in [3.8, 4) is 0 Å². The van der Waals surface area contributed by atoms with E-state index in [0.717, 1.165) is 25.7 Å². The van der Waals surface area contributed by atoms with Crippen molar-refractivity contribution in [2.45, 2.75) is 25.7 Å². The Morgan fingerprint density at radius 1 is 0.741 bits per heavy atom. The van der Waals surface area contributed by atoms with Gasteiger partial charge in [-0.05, 0) is 43.7 Å². The monoisotopic (exact) mass is 366 g/mol. The molecule has 142 valence electrons. The van der Waals surface area contributed by atoms with Crippen LogP contribution in [0.15, 0.2) is 65.7 Å². The van der Waals surface area contributed by atoms with E-state index in [9.17, 15) is 9.59 Å². The second-order valence-electron chi connectivity index (χ2n) is 6.07. The van der Waals surface area contributed by atoms with Crippen molar-refractivity contribution in [1.29, 1.82) is 0 Å². The minimum Gasteiger partial charge on any atom is -0.330 e. The molecular weight excluding hydrogens is 340 g/mol. The van der Waals surface area contributed by atoms with Crippen LogP contribution < -0.4 is 16.4 Å². The highest BCUT2D eigenvalue weighted by atomic mass is 16.2. The summed E-state index contributed by atoms with van der Waals surface area (Å²) in [6.07, 6.45) is 3.92. The average Bonchev–Trinajstić information content (AvgIpc) is 2.71. The highest BCUT2D eigenvalue weighted by Crippen LogP contribution is 2.01. The molecule has 0 atom stereocenters. The van der Waals surface area contributed by atoms with Crippen LogP contribution in [0.25, 0.3) is 0 Å². The van der Waals surface area contributed by atoms with Gasteiger partial charge in [0.1, 0.15) is 0 Å². The van der Waals surface area contributed by atoms with Gasteiger partial charge in [0.25, 0.3) is 11.8 Å². The van der Waals surface area contributed by atoms with Crippen molar-refractivity contribution in [3.05, 3.63) is 71.8 Å². The van der Waals surface area contributed by atoms with Crippen LogP contribution in [0.2, 0.25) is 0 Å². The van der Waals surface area contributed by atoms with Gasteiger partial charge in [0.15, 0.2) is 0 Å². The largest absolute Gasteiger partial charge is 0.330 e. The van der Waals surface area contributed by atoms with Gasteiger partial charge in [0, 0.05) is 17.7 Å². The van der Waals surface area contributed by atoms with Crippen molar-refractivity contribution in [3.63, 3.8) is 0 Å². The fourth-order valence-corrected chi connectivity index (χ4v) is 2.45. The second kappa shape index (κ2) is 11.6. The van der Waals surface area contributed by atoms with Crippen LogP contribution in [0.5, 0.6) is 0 Å². The van der Waals surface area contributed by atoms with E-state index in [1.54, 1.807) is 48.5 Å². The summed E-state index contributed by atoms with van der Waals surface area (Å²) in [4.78, 5) is 29.2. The first kappa shape index (κ1) is 20.3. The fraction of sp³-hybridized carbons (Fsp3) is 0.286. The first-order valence-electron chi connectivity index (χ1n) is 9.18. The predicted molar refractivity (Wildman–Crippen MR) is 108 cm³/mol. The lowest BCUT2D eigenvalue weighted by molar-refractivity contribution is 0.0966. The van der Waals surface area contributed by atoms with E-state index in [4.69, 9.17) is 5.73 Å². The summed E-state index contributed by atoms with van der Waals surface area (Å²) in [6, 6.07) is 17.6. The third kappa shape index (κ3) is 7.42. The van der Waals surface area contributed by atoms with E-state index < -0.39 is 0 Å². The van der Waals surface area contributed by atoms with Gasteiger partial charge < -0.3 is 5.73 Å². The van der Waals surface area contributed by atoms with Crippen LogP contribution in [0.1, 0.15) is 46.4 Å². The Morgan fingerprint density at radius 3 is 1.70 bits per heavy atom. The van der Waals surface area contributed by atoms with Crippen LogP contribution in [0.3, 0.4) is 0 Å². The van der Waals surface area contributed by atoms with E-state index in [1.165, 1.54) is 0 Å². The number of unbranched alkanes of at least 4 members (excludes halogenated alkanes) is 3. The minimum atomic E-state index is -0.314. The number of hydrogen-bond donors (Lipinski definition) is 3. The Labute approximate surface area is 159 Å². The van der Waals surface area contributed by atoms with Gasteiger partial charge in [-0.2, -0.15) is 0 Å². The number of carbonyl (C=O) groups is 2. The Balaban J connectivity index is 2.01. The van der Waals surface area contributed by atoms with Crippen molar-refractivity contribution >= 4 is 17.8 Å². The first-order chi connectivity index (χ1) is 13.2. The maximum atomic E-state index is 12.4. The maximum absolute atomic E-state index is 12.4. The quantitative estimate of drug-likeness (QED) is 0.381. The smallest absolute Gasteiger partial charge is 0.257 e. The topological polar surface area (TPSA) is 96.6 Å². The Kier molecular flexibility index (Phi) is 8.73. The SMILES string of the molecule is NCCCCCCN=C(NC(=O)c1ccccc1)NC(=O)c1ccccc1. The van der Waals surface area contributed by atoms with Gasteiger partial charge in [-0.15, -0.1) is 0 Å². The lowest BCUT2D eigenvalue weighted by Gasteiger charge is -2.11. The lowest BCUT2D eigenvalue weighted by atomic mass is 10.2. The normalized spacial score (nSPS) is 10.1. The van der Waals surface area contributed by atoms with E-state index in [1.807, 2.05) is 12.1 Å². The molecule has 4 N–H and O–H groups in total. The molecule has 0 saturated heterocycles. The third-order valence-corrected chi connectivity index (χ3v) is 3.92. The maximum Gasteiger partial charge on any atom is 0.257 e. The van der Waals surface area contributed by atoms with Crippen LogP contribution in [-0.2, 0) is 0 Å². The molecule has 0 aliphatic rings. The summed E-state index contributed by atoms with van der Waals surface area (Å²) in [5.41, 5.74) is 6.49. The van der Waals surface area contributed by atoms with Crippen molar-refractivity contribution in [2.75, 3.05) is 13.1 Å². The molecule has 2 aromatic rings. The molecule has 27 heavy (non-hydrogen) atoms. The Bertz CT molecular complexity index is 690. The number of aliphatic imine (C=N–C) groups is 1. The molecule has 0 spiro atoms. The van der Waals surface area contributed by atoms with Crippen LogP contribution in [0.4, 0.5) is 0 Å². The zero-order valence-electron chi connectivity index (χ0n) is 15.4. The minimum absolute atomic E-state index is 0.163. The number of nitrogens with one attached hydrogen (secondary N) is 2. The summed E-state index contributed by atoms with van der Waals surface area (Å²) >= 11 is 0. The highest BCUT2D eigenvalue weighted by molar-refractivity contribution is 6.12. The van der Waals surface area contributed by atoms with E-state index in [0.29, 0.717) is 24.2 Å². The standard InChI is InChI=1S/C21H26N4O2/c22-15-9-1-2-10-16-23-21(24-19(26)17-11-5-3-6-12-17)25-20(27)18-13-7-4-8-14-18/h3-8,11-14H,1-2,9-10,15-16,22H2,(H2,23,24,25,26,27). The molecule has 6 nitrogen and oxygen atoms in total. The number of rotatable bonds is 8. The van der Waals surface area contributed by atoms with Gasteiger partial charge in [0.05, 0.1) is 0 Å². The summed E-state index contributed by atoms with van der Waals surface area (Å²) in [5, 5.41) is 5.39. The second-order valence-corrected chi connectivity index (χ2v) is 6.07. The zero-order valence-corrected chi connectivity index (χ0v) is 15.4. The molecule has 0 unspecified atom stereocenters. The molecule has 0 bridgehead atoms. The number of nitrogens with zero attached hydrogens (tertiary/aromatic N) is 1. The number of guanidine groups is 1. The lowest BCUT2D eigenvalue weighted by Crippen LogP contribution is -2.44. The summed E-state index contributed by atoms with van der Waals surface area (Å²) < 4.78 is 0. The van der Waals surface area contributed by atoms with Gasteiger partial charge >= 0.3 is 0 Å². The van der Waals surface area contributed by atoms with Gasteiger partial charge in [0.2, 0.25) is 5.96 Å². The third-order valence-electron chi connectivity index (χ3n) is 3.92. The molecule has 0 aromatic heterocycles. The van der Waals surface area contributed by atoms with Crippen LogP contribution >= 0.6 is 0 Å². The van der Waals surface area contributed by atoms with Gasteiger partial charge in [-0.3, -0.25) is 25.2 Å². The van der Waals surface area contributed by atoms with Crippen LogP contribution in [0, 0.1) is 0 Å². The number of nitrogens with two attached hydrogens (primary N) is 1. The zero-order chi connectivity index (χ0) is 19.3. The molecular formula is C21H26N4O2. The predicted octanol–water partition coefficient (Wildman–Crippen LogP) is 2.72. The highest BCUT2D eigenvalue weighted by Gasteiger charge is 2.12. The number of amides is 2. The molecule has 2 rings (SSSR count). The molecule has 0 heterocycles. The molecule has 6 heteroatoms. The summed E-state index contributed by atoms with van der Waals surface area (Å²) in [6.45, 7) is 1.21. The van der Waals surface area contributed by atoms with Crippen molar-refractivity contribution in [1.82, 2.24) is 10.6 Å². The molecule has 0 radical (unpaired) electrons. The van der Waals surface area contributed by atoms with E-state index in [-0.39, 0.29) is 17.8 Å². The number of carbonyl (C=O) groups excluding carboxylic acids is 2. The van der Waals surface area contributed by atoms with Gasteiger partial charge in [-0.1, -0.05) is 49.2 Å². The fourth-order valence-electron chi connectivity index (χ4n) is 2.45. The molecule has 0 aliphatic heterocycles. The number of hydrogen-bond acceptors (Lipinski definition) is 4. The Hall–Kier alpha value is -2.99. The molecule has 2 amide bonds. The van der Waals surface area contributed by atoms with Crippen molar-refractivity contribution < 1.29 is 9.59 Å². The van der Waals surface area contributed by atoms with Crippen LogP contribution in [-0.4, -0.2) is 30.9 Å². The van der Waals surface area contributed by atoms with Crippen molar-refractivity contribution in [2.24, 2.45) is 10.7 Å². The number of benzene rings is 2. The van der Waals surface area contributed by atoms with E-state index >= 15 is 0 Å². The van der Waals surface area contributed by atoms with E-state index in [2.05, 4.69) is 15.6 Å². The molecule has 2 aromatic carbocycles. The Morgan fingerprint density at radius 2 is 1.22 bits per heavy atom. The summed E-state index contributed by atoms with van der Waals surface area (Å²) in [7, 11) is 0. The molecule has 0 saturated carbocycles. The average molecular weight is 366 g/mol. The summed E-state index contributed by atoms with van der Waals surface area (Å²) in [5.74, 6) is -0.465. The molecule has 0 fully saturated rings. The molecule has 0 aliphatic carbocycles.